The molecule has 0 radical (unpaired) electrons. The van der Waals surface area contributed by atoms with Crippen molar-refractivity contribution in [3.05, 3.63) is 23.5 Å². The number of nitrogens with one attached hydrogen (secondary N) is 2. The zero-order chi connectivity index (χ0) is 12.8. The van der Waals surface area contributed by atoms with Crippen LogP contribution in [0, 0.1) is 0 Å². The van der Waals surface area contributed by atoms with E-state index in [2.05, 4.69) is 25.9 Å². The van der Waals surface area contributed by atoms with E-state index in [9.17, 15) is 4.79 Å². The van der Waals surface area contributed by atoms with E-state index in [0.29, 0.717) is 16.7 Å². The number of aryl methyl sites for hydroxylation is 1. The summed E-state index contributed by atoms with van der Waals surface area (Å²) in [5.41, 5.74) is 0. The lowest BCUT2D eigenvalue weighted by molar-refractivity contribution is 0.0951. The van der Waals surface area contributed by atoms with Crippen molar-refractivity contribution in [2.24, 2.45) is 0 Å². The van der Waals surface area contributed by atoms with Crippen LogP contribution in [0.4, 0.5) is 5.13 Å². The number of carbonyl (C=O) groups is 1. The molecular weight excluding hydrogens is 252 g/mol. The van der Waals surface area contributed by atoms with Gasteiger partial charge in [-0.2, -0.15) is 5.10 Å². The van der Waals surface area contributed by atoms with Crippen molar-refractivity contribution in [2.45, 2.75) is 13.0 Å². The molecule has 0 aromatic carbocycles. The molecule has 0 unspecified atom stereocenters. The second-order valence-electron chi connectivity index (χ2n) is 3.54. The number of aromatic nitrogens is 4. The Hall–Kier alpha value is -1.96. The van der Waals surface area contributed by atoms with Crippen LogP contribution in [0.5, 0.6) is 0 Å². The van der Waals surface area contributed by atoms with E-state index < -0.39 is 0 Å². The monoisotopic (exact) mass is 266 g/mol. The lowest BCUT2D eigenvalue weighted by Crippen LogP contribution is -2.25. The first-order valence-electron chi connectivity index (χ1n) is 5.56. The van der Waals surface area contributed by atoms with Gasteiger partial charge in [0, 0.05) is 32.5 Å². The third-order valence-electron chi connectivity index (χ3n) is 2.24. The maximum Gasteiger partial charge on any atom is 0.282 e. The second-order valence-corrected chi connectivity index (χ2v) is 4.52. The van der Waals surface area contributed by atoms with Crippen molar-refractivity contribution in [2.75, 3.05) is 18.9 Å². The summed E-state index contributed by atoms with van der Waals surface area (Å²) in [6.07, 6.45) is 4.45. The Labute approximate surface area is 108 Å². The Balaban J connectivity index is 1.71. The summed E-state index contributed by atoms with van der Waals surface area (Å²) < 4.78 is 1.83. The molecule has 18 heavy (non-hydrogen) atoms. The topological polar surface area (TPSA) is 84.7 Å². The maximum atomic E-state index is 11.7. The predicted molar refractivity (Wildman–Crippen MR) is 68.6 cm³/mol. The first kappa shape index (κ1) is 12.5. The molecule has 0 aliphatic carbocycles. The van der Waals surface area contributed by atoms with Gasteiger partial charge in [0.25, 0.3) is 5.91 Å². The van der Waals surface area contributed by atoms with Gasteiger partial charge in [0.2, 0.25) is 10.1 Å². The van der Waals surface area contributed by atoms with E-state index >= 15 is 0 Å². The smallest absolute Gasteiger partial charge is 0.282 e. The number of anilines is 1. The summed E-state index contributed by atoms with van der Waals surface area (Å²) in [6, 6.07) is 1.87. The summed E-state index contributed by atoms with van der Waals surface area (Å²) in [6.45, 7) is 1.37. The van der Waals surface area contributed by atoms with Crippen molar-refractivity contribution in [1.29, 1.82) is 0 Å². The summed E-state index contributed by atoms with van der Waals surface area (Å²) in [4.78, 5) is 11.7. The molecule has 0 aliphatic heterocycles. The first-order valence-corrected chi connectivity index (χ1v) is 6.38. The molecule has 96 valence electrons. The van der Waals surface area contributed by atoms with Gasteiger partial charge in [-0.25, -0.2) is 0 Å². The molecule has 0 bridgehead atoms. The lowest BCUT2D eigenvalue weighted by Gasteiger charge is -2.02. The van der Waals surface area contributed by atoms with E-state index in [1.54, 1.807) is 13.2 Å². The molecule has 0 saturated carbocycles. The average molecular weight is 266 g/mol. The summed E-state index contributed by atoms with van der Waals surface area (Å²) in [5.74, 6) is -0.186. The van der Waals surface area contributed by atoms with Crippen LogP contribution in [0.15, 0.2) is 18.5 Å². The van der Waals surface area contributed by atoms with Crippen molar-refractivity contribution in [3.63, 3.8) is 0 Å². The quantitative estimate of drug-likeness (QED) is 0.748. The molecule has 0 saturated heterocycles. The van der Waals surface area contributed by atoms with Gasteiger partial charge < -0.3 is 10.6 Å². The Morgan fingerprint density at radius 2 is 2.39 bits per heavy atom. The summed E-state index contributed by atoms with van der Waals surface area (Å²) in [5, 5.41) is 18.3. The van der Waals surface area contributed by atoms with Crippen LogP contribution in [-0.4, -0.2) is 39.5 Å². The van der Waals surface area contributed by atoms with Crippen LogP contribution in [0.3, 0.4) is 0 Å². The van der Waals surface area contributed by atoms with Crippen LogP contribution >= 0.6 is 11.3 Å². The number of amides is 1. The Morgan fingerprint density at radius 1 is 1.50 bits per heavy atom. The zero-order valence-corrected chi connectivity index (χ0v) is 10.8. The van der Waals surface area contributed by atoms with E-state index in [4.69, 9.17) is 0 Å². The normalized spacial score (nSPS) is 10.3. The Morgan fingerprint density at radius 3 is 3.06 bits per heavy atom. The minimum absolute atomic E-state index is 0.186. The van der Waals surface area contributed by atoms with Crippen molar-refractivity contribution < 1.29 is 4.79 Å². The van der Waals surface area contributed by atoms with Gasteiger partial charge in [0.15, 0.2) is 0 Å². The van der Waals surface area contributed by atoms with Gasteiger partial charge in [-0.1, -0.05) is 11.3 Å². The van der Waals surface area contributed by atoms with Gasteiger partial charge in [-0.05, 0) is 12.5 Å². The molecule has 2 rings (SSSR count). The van der Waals surface area contributed by atoms with E-state index in [1.807, 2.05) is 16.9 Å². The Bertz CT molecular complexity index is 494. The van der Waals surface area contributed by atoms with E-state index in [-0.39, 0.29) is 5.91 Å². The molecule has 2 aromatic heterocycles. The van der Waals surface area contributed by atoms with Gasteiger partial charge in [0.05, 0.1) is 0 Å². The third kappa shape index (κ3) is 3.27. The fourth-order valence-electron chi connectivity index (χ4n) is 1.37. The molecule has 2 heterocycles. The molecule has 2 aromatic rings. The number of nitrogens with zero attached hydrogens (tertiary/aromatic N) is 4. The minimum Gasteiger partial charge on any atom is -0.363 e. The van der Waals surface area contributed by atoms with Crippen LogP contribution in [0.1, 0.15) is 16.2 Å². The van der Waals surface area contributed by atoms with Crippen LogP contribution < -0.4 is 10.6 Å². The molecule has 0 atom stereocenters. The number of hydrogen-bond acceptors (Lipinski definition) is 6. The van der Waals surface area contributed by atoms with Crippen molar-refractivity contribution in [1.82, 2.24) is 25.3 Å². The third-order valence-corrected chi connectivity index (χ3v) is 3.18. The highest BCUT2D eigenvalue weighted by Gasteiger charge is 2.11. The summed E-state index contributed by atoms with van der Waals surface area (Å²) >= 11 is 1.23. The van der Waals surface area contributed by atoms with Gasteiger partial charge >= 0.3 is 0 Å². The largest absolute Gasteiger partial charge is 0.363 e. The molecule has 8 heteroatoms. The van der Waals surface area contributed by atoms with Gasteiger partial charge in [-0.3, -0.25) is 9.48 Å². The number of carbonyl (C=O) groups excluding carboxylic acids is 1. The molecular formula is C10H14N6OS. The van der Waals surface area contributed by atoms with Crippen molar-refractivity contribution in [3.8, 4) is 0 Å². The second kappa shape index (κ2) is 6.10. The number of rotatable bonds is 6. The highest BCUT2D eigenvalue weighted by Crippen LogP contribution is 2.13. The fraction of sp³-hybridized carbons (Fsp3) is 0.400. The lowest BCUT2D eigenvalue weighted by atomic mass is 10.4. The van der Waals surface area contributed by atoms with Crippen molar-refractivity contribution >= 4 is 22.4 Å². The molecule has 0 spiro atoms. The molecule has 7 nitrogen and oxygen atoms in total. The van der Waals surface area contributed by atoms with Crippen LogP contribution in [-0.2, 0) is 6.54 Å². The highest BCUT2D eigenvalue weighted by molar-refractivity contribution is 7.17. The molecule has 1 amide bonds. The first-order chi connectivity index (χ1) is 8.79. The Kier molecular flexibility index (Phi) is 4.24. The predicted octanol–water partition coefficient (Wildman–Crippen LogP) is 0.596. The fourth-order valence-corrected chi connectivity index (χ4v) is 1.98. The van der Waals surface area contributed by atoms with Gasteiger partial charge in [-0.15, -0.1) is 10.2 Å². The SMILES string of the molecule is CNc1nnc(C(=O)NCCCn2cccn2)s1. The van der Waals surface area contributed by atoms with E-state index in [1.165, 1.54) is 11.3 Å². The minimum atomic E-state index is -0.186. The maximum absolute atomic E-state index is 11.7. The summed E-state index contributed by atoms with van der Waals surface area (Å²) in [7, 11) is 1.74. The standard InChI is InChI=1S/C10H14N6OS/c1-11-10-15-14-9(18-10)8(17)12-4-2-6-16-7-3-5-13-16/h3,5,7H,2,4,6H2,1H3,(H,11,15)(H,12,17). The van der Waals surface area contributed by atoms with Crippen LogP contribution in [0.2, 0.25) is 0 Å². The average Bonchev–Trinajstić information content (AvgIpc) is 3.05. The molecule has 0 fully saturated rings. The zero-order valence-electron chi connectivity index (χ0n) is 9.96. The van der Waals surface area contributed by atoms with Crippen LogP contribution in [0.25, 0.3) is 0 Å². The highest BCUT2D eigenvalue weighted by atomic mass is 32.1. The number of hydrogen-bond donors (Lipinski definition) is 2. The van der Waals surface area contributed by atoms with Gasteiger partial charge in [0.1, 0.15) is 0 Å². The molecule has 0 aliphatic rings. The van der Waals surface area contributed by atoms with E-state index in [0.717, 1.165) is 13.0 Å². The molecule has 2 N–H and O–H groups in total.